The lowest BCUT2D eigenvalue weighted by molar-refractivity contribution is 0.0876. The molecule has 0 aliphatic carbocycles. The van der Waals surface area contributed by atoms with Crippen molar-refractivity contribution in [3.63, 3.8) is 0 Å². The second-order valence-electron chi connectivity index (χ2n) is 8.30. The molecule has 2 aliphatic heterocycles. The van der Waals surface area contributed by atoms with Gasteiger partial charge in [-0.3, -0.25) is 4.90 Å². The van der Waals surface area contributed by atoms with Crippen LogP contribution in [0.2, 0.25) is 19.6 Å². The molecule has 132 valence electrons. The maximum Gasteiger partial charge on any atom is 0.183 e. The molecule has 0 saturated heterocycles. The summed E-state index contributed by atoms with van der Waals surface area (Å²) in [4.78, 5) is 5.02. The molecule has 4 heteroatoms. The molecule has 3 nitrogen and oxygen atoms in total. The highest BCUT2D eigenvalue weighted by atomic mass is 28.4. The minimum Gasteiger partial charge on any atom is -0.416 e. The molecule has 0 radical (unpaired) electrons. The molecule has 2 aromatic rings. The van der Waals surface area contributed by atoms with Gasteiger partial charge in [-0.25, -0.2) is 0 Å². The average Bonchev–Trinajstić information content (AvgIpc) is 2.59. The van der Waals surface area contributed by atoms with Crippen molar-refractivity contribution in [2.45, 2.75) is 38.1 Å². The van der Waals surface area contributed by atoms with Crippen LogP contribution in [0.25, 0.3) is 0 Å². The van der Waals surface area contributed by atoms with Gasteiger partial charge in [0, 0.05) is 25.4 Å². The molecule has 2 aliphatic rings. The molecular weight excluding hydrogens is 324 g/mol. The number of hydrogen-bond acceptors (Lipinski definition) is 3. The molecule has 0 saturated carbocycles. The lowest BCUT2D eigenvalue weighted by Crippen LogP contribution is -2.54. The second-order valence-corrected chi connectivity index (χ2v) is 12.8. The Morgan fingerprint density at radius 2 is 1.68 bits per heavy atom. The summed E-state index contributed by atoms with van der Waals surface area (Å²) in [7, 11) is 0.682. The van der Waals surface area contributed by atoms with Gasteiger partial charge in [0.15, 0.2) is 8.32 Å². The number of rotatable bonds is 3. The molecule has 2 aromatic carbocycles. The van der Waals surface area contributed by atoms with Crippen LogP contribution in [0, 0.1) is 0 Å². The molecule has 0 spiro atoms. The Labute approximate surface area is 152 Å². The van der Waals surface area contributed by atoms with Crippen LogP contribution in [-0.2, 0) is 10.8 Å². The van der Waals surface area contributed by atoms with E-state index in [-0.39, 0.29) is 0 Å². The first-order valence-electron chi connectivity index (χ1n) is 9.21. The summed E-state index contributed by atoms with van der Waals surface area (Å²) in [5, 5.41) is 0. The Kier molecular flexibility index (Phi) is 4.22. The normalized spacial score (nSPS) is 23.0. The van der Waals surface area contributed by atoms with Crippen molar-refractivity contribution in [1.82, 2.24) is 4.90 Å². The van der Waals surface area contributed by atoms with Crippen molar-refractivity contribution in [2.75, 3.05) is 25.2 Å². The number of benzene rings is 2. The number of nitrogens with zero attached hydrogens (tertiary/aromatic N) is 2. The van der Waals surface area contributed by atoms with Crippen molar-refractivity contribution in [3.8, 4) is 0 Å². The van der Waals surface area contributed by atoms with Gasteiger partial charge < -0.3 is 9.33 Å². The van der Waals surface area contributed by atoms with E-state index < -0.39 is 8.32 Å². The van der Waals surface area contributed by atoms with Crippen LogP contribution in [0.15, 0.2) is 48.5 Å². The minimum absolute atomic E-state index is 0.340. The lowest BCUT2D eigenvalue weighted by atomic mass is 9.83. The number of anilines is 1. The quantitative estimate of drug-likeness (QED) is 0.768. The van der Waals surface area contributed by atoms with Crippen LogP contribution < -0.4 is 4.90 Å². The van der Waals surface area contributed by atoms with Crippen molar-refractivity contribution in [2.24, 2.45) is 0 Å². The van der Waals surface area contributed by atoms with Crippen molar-refractivity contribution in [1.29, 1.82) is 0 Å². The molecule has 2 atom stereocenters. The van der Waals surface area contributed by atoms with Gasteiger partial charge in [0.25, 0.3) is 0 Å². The summed E-state index contributed by atoms with van der Waals surface area (Å²) in [6.07, 6.45) is 1.08. The van der Waals surface area contributed by atoms with E-state index >= 15 is 0 Å². The third-order valence-corrected chi connectivity index (χ3v) is 6.37. The van der Waals surface area contributed by atoms with Gasteiger partial charge in [-0.2, -0.15) is 0 Å². The molecule has 0 fully saturated rings. The van der Waals surface area contributed by atoms with E-state index in [0.29, 0.717) is 12.1 Å². The van der Waals surface area contributed by atoms with E-state index in [9.17, 15) is 0 Å². The van der Waals surface area contributed by atoms with Gasteiger partial charge in [-0.05, 0) is 48.8 Å². The van der Waals surface area contributed by atoms with Gasteiger partial charge in [0.05, 0.1) is 12.7 Å². The summed E-state index contributed by atoms with van der Waals surface area (Å²) in [5.41, 5.74) is 5.71. The molecular formula is C21H28N2OSi. The molecule has 2 heterocycles. The van der Waals surface area contributed by atoms with Gasteiger partial charge in [0.1, 0.15) is 0 Å². The molecule has 0 bridgehead atoms. The predicted molar refractivity (Wildman–Crippen MR) is 107 cm³/mol. The first kappa shape index (κ1) is 16.8. The highest BCUT2D eigenvalue weighted by Gasteiger charge is 2.40. The summed E-state index contributed by atoms with van der Waals surface area (Å²) in [6.45, 7) is 8.61. The summed E-state index contributed by atoms with van der Waals surface area (Å²) >= 11 is 0. The van der Waals surface area contributed by atoms with Crippen LogP contribution in [-0.4, -0.2) is 39.6 Å². The zero-order valence-corrected chi connectivity index (χ0v) is 16.7. The maximum absolute atomic E-state index is 6.33. The van der Waals surface area contributed by atoms with Gasteiger partial charge in [-0.15, -0.1) is 0 Å². The van der Waals surface area contributed by atoms with E-state index in [1.165, 1.54) is 22.4 Å². The van der Waals surface area contributed by atoms with E-state index in [1.807, 2.05) is 0 Å². The smallest absolute Gasteiger partial charge is 0.183 e. The van der Waals surface area contributed by atoms with Crippen LogP contribution in [0.4, 0.5) is 5.69 Å². The van der Waals surface area contributed by atoms with Crippen molar-refractivity contribution >= 4 is 14.0 Å². The van der Waals surface area contributed by atoms with Crippen LogP contribution in [0.1, 0.15) is 22.7 Å². The van der Waals surface area contributed by atoms with Crippen LogP contribution >= 0.6 is 0 Å². The summed E-state index contributed by atoms with van der Waals surface area (Å²) < 4.78 is 6.33. The fraction of sp³-hybridized carbons (Fsp3) is 0.429. The maximum atomic E-state index is 6.33. The first-order valence-corrected chi connectivity index (χ1v) is 12.6. The molecule has 0 N–H and O–H groups in total. The highest BCUT2D eigenvalue weighted by Crippen LogP contribution is 2.44. The summed E-state index contributed by atoms with van der Waals surface area (Å²) in [5.74, 6) is 0. The molecule has 0 aromatic heterocycles. The average molecular weight is 353 g/mol. The Morgan fingerprint density at radius 1 is 1.00 bits per heavy atom. The van der Waals surface area contributed by atoms with E-state index in [1.54, 1.807) is 0 Å². The van der Waals surface area contributed by atoms with Crippen LogP contribution in [0.3, 0.4) is 0 Å². The Morgan fingerprint density at radius 3 is 2.44 bits per heavy atom. The lowest BCUT2D eigenvalue weighted by Gasteiger charge is -2.49. The zero-order valence-electron chi connectivity index (χ0n) is 15.7. The largest absolute Gasteiger partial charge is 0.416 e. The third-order valence-electron chi connectivity index (χ3n) is 5.33. The van der Waals surface area contributed by atoms with Crippen molar-refractivity contribution < 1.29 is 4.43 Å². The Balaban J connectivity index is 1.77. The van der Waals surface area contributed by atoms with Gasteiger partial charge in [0.2, 0.25) is 0 Å². The van der Waals surface area contributed by atoms with Gasteiger partial charge >= 0.3 is 0 Å². The second kappa shape index (κ2) is 6.27. The Hall–Kier alpha value is -1.62. The number of hydrogen-bond donors (Lipinski definition) is 0. The van der Waals surface area contributed by atoms with E-state index in [4.69, 9.17) is 4.43 Å². The highest BCUT2D eigenvalue weighted by molar-refractivity contribution is 6.69. The molecule has 25 heavy (non-hydrogen) atoms. The first-order chi connectivity index (χ1) is 11.9. The van der Waals surface area contributed by atoms with E-state index in [0.717, 1.165) is 19.7 Å². The number of para-hydroxylation sites is 1. The molecule has 0 amide bonds. The SMILES string of the molecule is CN1CN2C(c3ccccc3C[C@H]2CO[Si](C)(C)C)c2ccccc21. The number of fused-ring (bicyclic) bond motifs is 5. The zero-order chi connectivity index (χ0) is 17.6. The molecule has 4 rings (SSSR count). The Bertz CT molecular complexity index is 770. The standard InChI is InChI=1S/C21H28N2OSi/c1-22-15-23-17(14-24-25(2,3)4)13-16-9-5-6-10-18(16)21(23)19-11-7-8-12-20(19)22/h5-12,17,21H,13-15H2,1-4H3/t17-,21?/m0/s1. The fourth-order valence-corrected chi connectivity index (χ4v) is 4.87. The minimum atomic E-state index is -1.52. The predicted octanol–water partition coefficient (Wildman–Crippen LogP) is 4.26. The molecule has 1 unspecified atom stereocenters. The van der Waals surface area contributed by atoms with Crippen molar-refractivity contribution in [3.05, 3.63) is 65.2 Å². The fourth-order valence-electron chi connectivity index (χ4n) is 4.18. The summed E-state index contributed by atoms with van der Waals surface area (Å²) in [6, 6.07) is 18.6. The van der Waals surface area contributed by atoms with Gasteiger partial charge in [-0.1, -0.05) is 42.5 Å². The topological polar surface area (TPSA) is 15.7 Å². The van der Waals surface area contributed by atoms with E-state index in [2.05, 4.69) is 85.0 Å². The van der Waals surface area contributed by atoms with Crippen LogP contribution in [0.5, 0.6) is 0 Å². The third kappa shape index (κ3) is 3.14. The monoisotopic (exact) mass is 352 g/mol.